The maximum absolute atomic E-state index is 12.7. The SMILES string of the molecule is COCCCN1C(=O)/C(=C/c2cccc(OCC(=O)Nc3ccc(Br)cc3C)c2)SC1=S. The Morgan fingerprint density at radius 2 is 2.09 bits per heavy atom. The summed E-state index contributed by atoms with van der Waals surface area (Å²) >= 11 is 10.0. The molecular formula is C23H23BrN2O4S2. The van der Waals surface area contributed by atoms with Gasteiger partial charge in [-0.2, -0.15) is 0 Å². The first-order valence-electron chi connectivity index (χ1n) is 9.90. The van der Waals surface area contributed by atoms with Crippen LogP contribution in [0.4, 0.5) is 5.69 Å². The van der Waals surface area contributed by atoms with Gasteiger partial charge in [0.2, 0.25) is 0 Å². The third kappa shape index (κ3) is 6.65. The Morgan fingerprint density at radius 1 is 1.28 bits per heavy atom. The monoisotopic (exact) mass is 534 g/mol. The van der Waals surface area contributed by atoms with E-state index in [-0.39, 0.29) is 18.4 Å². The van der Waals surface area contributed by atoms with Crippen LogP contribution >= 0.6 is 39.9 Å². The van der Waals surface area contributed by atoms with E-state index in [1.54, 1.807) is 30.2 Å². The summed E-state index contributed by atoms with van der Waals surface area (Å²) in [5, 5.41) is 2.84. The van der Waals surface area contributed by atoms with Crippen LogP contribution in [0.3, 0.4) is 0 Å². The highest BCUT2D eigenvalue weighted by Crippen LogP contribution is 2.33. The molecule has 2 amide bonds. The maximum Gasteiger partial charge on any atom is 0.266 e. The first kappa shape index (κ1) is 24.4. The highest BCUT2D eigenvalue weighted by molar-refractivity contribution is 9.10. The van der Waals surface area contributed by atoms with Gasteiger partial charge in [-0.1, -0.05) is 52.0 Å². The van der Waals surface area contributed by atoms with Crippen molar-refractivity contribution in [2.45, 2.75) is 13.3 Å². The van der Waals surface area contributed by atoms with Gasteiger partial charge in [-0.05, 0) is 60.9 Å². The Balaban J connectivity index is 1.60. The number of carbonyl (C=O) groups excluding carboxylic acids is 2. The lowest BCUT2D eigenvalue weighted by molar-refractivity contribution is -0.122. The van der Waals surface area contributed by atoms with E-state index in [1.165, 1.54) is 11.8 Å². The number of halogens is 1. The predicted octanol–water partition coefficient (Wildman–Crippen LogP) is 5.01. The molecule has 0 unspecified atom stereocenters. The predicted molar refractivity (Wildman–Crippen MR) is 136 cm³/mol. The van der Waals surface area contributed by atoms with Gasteiger partial charge in [0.25, 0.3) is 11.8 Å². The molecule has 32 heavy (non-hydrogen) atoms. The molecule has 3 rings (SSSR count). The highest BCUT2D eigenvalue weighted by Gasteiger charge is 2.31. The van der Waals surface area contributed by atoms with Crippen molar-refractivity contribution in [2.75, 3.05) is 32.2 Å². The van der Waals surface area contributed by atoms with Crippen LogP contribution in [0.1, 0.15) is 17.5 Å². The van der Waals surface area contributed by atoms with Crippen molar-refractivity contribution in [3.05, 3.63) is 63.0 Å². The number of benzene rings is 2. The molecule has 1 heterocycles. The standard InChI is InChI=1S/C23H23BrN2O4S2/c1-15-11-17(24)7-8-19(15)25-21(27)14-30-18-6-3-5-16(12-18)13-20-22(28)26(23(31)32-20)9-4-10-29-2/h3,5-8,11-13H,4,9-10,14H2,1-2H3,(H,25,27)/b20-13-. The Hall–Kier alpha value is -2.20. The molecule has 0 aliphatic carbocycles. The molecule has 0 saturated carbocycles. The van der Waals surface area contributed by atoms with Gasteiger partial charge in [-0.25, -0.2) is 0 Å². The number of hydrogen-bond donors (Lipinski definition) is 1. The van der Waals surface area contributed by atoms with Crippen LogP contribution in [0.25, 0.3) is 6.08 Å². The smallest absolute Gasteiger partial charge is 0.266 e. The van der Waals surface area contributed by atoms with Crippen LogP contribution in [-0.2, 0) is 14.3 Å². The summed E-state index contributed by atoms with van der Waals surface area (Å²) in [5.74, 6) is 0.182. The second-order valence-corrected chi connectivity index (χ2v) is 9.64. The highest BCUT2D eigenvalue weighted by atomic mass is 79.9. The molecule has 1 aliphatic rings. The van der Waals surface area contributed by atoms with E-state index < -0.39 is 0 Å². The minimum Gasteiger partial charge on any atom is -0.484 e. The van der Waals surface area contributed by atoms with Gasteiger partial charge in [-0.3, -0.25) is 14.5 Å². The van der Waals surface area contributed by atoms with Gasteiger partial charge in [-0.15, -0.1) is 0 Å². The molecule has 0 atom stereocenters. The third-order valence-corrected chi connectivity index (χ3v) is 6.46. The number of methoxy groups -OCH3 is 1. The molecule has 2 aromatic rings. The van der Waals surface area contributed by atoms with E-state index in [0.29, 0.717) is 28.1 Å². The molecule has 2 aromatic carbocycles. The Morgan fingerprint density at radius 3 is 2.84 bits per heavy atom. The van der Waals surface area contributed by atoms with E-state index in [0.717, 1.165) is 27.7 Å². The van der Waals surface area contributed by atoms with E-state index in [2.05, 4.69) is 21.2 Å². The molecule has 168 valence electrons. The van der Waals surface area contributed by atoms with Gasteiger partial charge in [0, 0.05) is 30.4 Å². The van der Waals surface area contributed by atoms with Crippen LogP contribution in [-0.4, -0.2) is 47.9 Å². The van der Waals surface area contributed by atoms with Gasteiger partial charge in [0.1, 0.15) is 10.1 Å². The minimum atomic E-state index is -0.252. The number of anilines is 1. The lowest BCUT2D eigenvalue weighted by Gasteiger charge is -2.13. The van der Waals surface area contributed by atoms with Crippen molar-refractivity contribution in [1.82, 2.24) is 4.90 Å². The molecule has 1 N–H and O–H groups in total. The Kier molecular flexibility index (Phi) is 8.86. The fraction of sp³-hybridized carbons (Fsp3) is 0.261. The van der Waals surface area contributed by atoms with Crippen molar-refractivity contribution in [3.8, 4) is 5.75 Å². The number of thiocarbonyl (C=S) groups is 1. The first-order valence-corrected chi connectivity index (χ1v) is 11.9. The lowest BCUT2D eigenvalue weighted by atomic mass is 10.2. The molecule has 9 heteroatoms. The fourth-order valence-electron chi connectivity index (χ4n) is 3.01. The molecule has 0 spiro atoms. The summed E-state index contributed by atoms with van der Waals surface area (Å²) in [7, 11) is 1.63. The summed E-state index contributed by atoms with van der Waals surface area (Å²) in [5.41, 5.74) is 2.49. The van der Waals surface area contributed by atoms with Crippen molar-refractivity contribution in [2.24, 2.45) is 0 Å². The molecule has 1 aliphatic heterocycles. The zero-order valence-electron chi connectivity index (χ0n) is 17.7. The largest absolute Gasteiger partial charge is 0.484 e. The summed E-state index contributed by atoms with van der Waals surface area (Å²) in [6.07, 6.45) is 2.51. The molecule has 1 saturated heterocycles. The number of nitrogens with one attached hydrogen (secondary N) is 1. The summed E-state index contributed by atoms with van der Waals surface area (Å²) in [6, 6.07) is 12.9. The molecule has 0 bridgehead atoms. The number of thioether (sulfide) groups is 1. The molecular weight excluding hydrogens is 512 g/mol. The molecule has 0 radical (unpaired) electrons. The topological polar surface area (TPSA) is 67.9 Å². The van der Waals surface area contributed by atoms with Crippen LogP contribution in [0.5, 0.6) is 5.75 Å². The van der Waals surface area contributed by atoms with Crippen LogP contribution in [0, 0.1) is 6.92 Å². The van der Waals surface area contributed by atoms with Gasteiger partial charge >= 0.3 is 0 Å². The van der Waals surface area contributed by atoms with Crippen LogP contribution < -0.4 is 10.1 Å². The van der Waals surface area contributed by atoms with E-state index in [4.69, 9.17) is 21.7 Å². The molecule has 0 aromatic heterocycles. The number of ether oxygens (including phenoxy) is 2. The fourth-order valence-corrected chi connectivity index (χ4v) is 4.79. The Labute approximate surface area is 205 Å². The second-order valence-electron chi connectivity index (χ2n) is 7.05. The van der Waals surface area contributed by atoms with E-state index in [1.807, 2.05) is 37.3 Å². The minimum absolute atomic E-state index is 0.105. The molecule has 1 fully saturated rings. The van der Waals surface area contributed by atoms with Gasteiger partial charge in [0.15, 0.2) is 6.61 Å². The summed E-state index contributed by atoms with van der Waals surface area (Å²) in [4.78, 5) is 27.1. The third-order valence-electron chi connectivity index (χ3n) is 4.59. The van der Waals surface area contributed by atoms with Crippen molar-refractivity contribution in [3.63, 3.8) is 0 Å². The van der Waals surface area contributed by atoms with Crippen LogP contribution in [0.2, 0.25) is 0 Å². The van der Waals surface area contributed by atoms with Gasteiger partial charge < -0.3 is 14.8 Å². The number of rotatable bonds is 9. The second kappa shape index (κ2) is 11.6. The number of aryl methyl sites for hydroxylation is 1. The molecule has 6 nitrogen and oxygen atoms in total. The summed E-state index contributed by atoms with van der Waals surface area (Å²) in [6.45, 7) is 2.90. The average Bonchev–Trinajstić information content (AvgIpc) is 3.02. The Bertz CT molecular complexity index is 1060. The number of hydrogen-bond acceptors (Lipinski definition) is 6. The van der Waals surface area contributed by atoms with Crippen LogP contribution in [0.15, 0.2) is 51.8 Å². The normalized spacial score (nSPS) is 14.8. The average molecular weight is 535 g/mol. The zero-order valence-corrected chi connectivity index (χ0v) is 20.9. The zero-order chi connectivity index (χ0) is 23.1. The van der Waals surface area contributed by atoms with Crippen molar-refractivity contribution in [1.29, 1.82) is 0 Å². The number of carbonyl (C=O) groups is 2. The van der Waals surface area contributed by atoms with E-state index >= 15 is 0 Å². The van der Waals surface area contributed by atoms with E-state index in [9.17, 15) is 9.59 Å². The quantitative estimate of drug-likeness (QED) is 0.277. The summed E-state index contributed by atoms with van der Waals surface area (Å²) < 4.78 is 12.2. The number of amides is 2. The van der Waals surface area contributed by atoms with Gasteiger partial charge in [0.05, 0.1) is 4.91 Å². The lowest BCUT2D eigenvalue weighted by Crippen LogP contribution is -2.29. The maximum atomic E-state index is 12.7. The van der Waals surface area contributed by atoms with Crippen molar-refractivity contribution >= 4 is 67.8 Å². The van der Waals surface area contributed by atoms with Crippen molar-refractivity contribution < 1.29 is 19.1 Å². The number of nitrogens with zero attached hydrogens (tertiary/aromatic N) is 1. The first-order chi connectivity index (χ1) is 15.4.